The molecule has 1 aromatic heterocycles. The molecule has 1 N–H and O–H groups in total. The molecule has 0 saturated heterocycles. The highest BCUT2D eigenvalue weighted by atomic mass is 15.2. The average molecular weight is 221 g/mol. The van der Waals surface area contributed by atoms with E-state index >= 15 is 0 Å². The summed E-state index contributed by atoms with van der Waals surface area (Å²) in [5, 5.41) is 3.35. The minimum Gasteiger partial charge on any atom is -0.356 e. The van der Waals surface area contributed by atoms with E-state index in [2.05, 4.69) is 34.9 Å². The van der Waals surface area contributed by atoms with Gasteiger partial charge in [-0.25, -0.2) is 4.98 Å². The van der Waals surface area contributed by atoms with E-state index in [-0.39, 0.29) is 0 Å². The van der Waals surface area contributed by atoms with Crippen molar-refractivity contribution in [1.82, 2.24) is 9.55 Å². The summed E-state index contributed by atoms with van der Waals surface area (Å²) in [5.41, 5.74) is 0. The molecule has 0 aromatic carbocycles. The summed E-state index contributed by atoms with van der Waals surface area (Å²) in [5.74, 6) is 1.88. The Morgan fingerprint density at radius 3 is 2.94 bits per heavy atom. The van der Waals surface area contributed by atoms with E-state index in [1.807, 2.05) is 6.20 Å². The highest BCUT2D eigenvalue weighted by molar-refractivity contribution is 5.26. The van der Waals surface area contributed by atoms with Gasteiger partial charge in [0.1, 0.15) is 0 Å². The Kier molecular flexibility index (Phi) is 3.86. The van der Waals surface area contributed by atoms with Crippen LogP contribution >= 0.6 is 0 Å². The summed E-state index contributed by atoms with van der Waals surface area (Å²) >= 11 is 0. The predicted octanol–water partition coefficient (Wildman–Crippen LogP) is 3.46. The number of anilines is 1. The van der Waals surface area contributed by atoms with Crippen LogP contribution in [0.4, 0.5) is 5.95 Å². The number of nitrogens with one attached hydrogen (secondary N) is 1. The van der Waals surface area contributed by atoms with Gasteiger partial charge in [0.05, 0.1) is 0 Å². The van der Waals surface area contributed by atoms with Crippen molar-refractivity contribution in [3.63, 3.8) is 0 Å². The van der Waals surface area contributed by atoms with Crippen LogP contribution in [0.1, 0.15) is 52.0 Å². The van der Waals surface area contributed by atoms with Gasteiger partial charge in [0.2, 0.25) is 5.95 Å². The number of aromatic nitrogens is 2. The molecule has 0 radical (unpaired) electrons. The molecule has 2 rings (SSSR count). The second-order valence-electron chi connectivity index (χ2n) is 4.71. The molecule has 1 fully saturated rings. The predicted molar refractivity (Wildman–Crippen MR) is 67.7 cm³/mol. The van der Waals surface area contributed by atoms with Gasteiger partial charge < -0.3 is 9.88 Å². The summed E-state index contributed by atoms with van der Waals surface area (Å²) in [6.07, 6.45) is 10.8. The molecule has 1 heterocycles. The molecule has 0 aliphatic heterocycles. The second kappa shape index (κ2) is 5.37. The Labute approximate surface area is 98.3 Å². The Morgan fingerprint density at radius 1 is 1.38 bits per heavy atom. The summed E-state index contributed by atoms with van der Waals surface area (Å²) in [6.45, 7) is 5.38. The topological polar surface area (TPSA) is 29.9 Å². The van der Waals surface area contributed by atoms with Crippen molar-refractivity contribution in [3.8, 4) is 0 Å². The lowest BCUT2D eigenvalue weighted by Crippen LogP contribution is -2.23. The Morgan fingerprint density at radius 2 is 2.19 bits per heavy atom. The minimum absolute atomic E-state index is 0.662. The molecule has 0 amide bonds. The molecule has 1 aromatic rings. The van der Waals surface area contributed by atoms with Crippen LogP contribution in [-0.4, -0.2) is 16.1 Å². The highest BCUT2D eigenvalue weighted by Gasteiger charge is 2.26. The van der Waals surface area contributed by atoms with Gasteiger partial charge in [0, 0.05) is 25.0 Å². The summed E-state index contributed by atoms with van der Waals surface area (Å²) in [6, 6.07) is 0.662. The Hall–Kier alpha value is -0.990. The number of imidazole rings is 1. The number of hydrogen-bond acceptors (Lipinski definition) is 2. The van der Waals surface area contributed by atoms with Crippen molar-refractivity contribution >= 4 is 5.95 Å². The third-order valence-corrected chi connectivity index (χ3v) is 3.75. The number of nitrogens with zero attached hydrogens (tertiary/aromatic N) is 2. The van der Waals surface area contributed by atoms with Crippen molar-refractivity contribution in [2.45, 2.75) is 52.0 Å². The standard InChI is InChI=1S/C13H23N3/c1-3-11-7-5-6-8-12(11)16-10-9-15-13(16)14-4-2/h9-12H,3-8H2,1-2H3,(H,14,15). The van der Waals surface area contributed by atoms with E-state index in [0.29, 0.717) is 6.04 Å². The molecule has 2 unspecified atom stereocenters. The van der Waals surface area contributed by atoms with Crippen LogP contribution < -0.4 is 5.32 Å². The molecule has 2 atom stereocenters. The van der Waals surface area contributed by atoms with Crippen LogP contribution in [0.2, 0.25) is 0 Å². The lowest BCUT2D eigenvalue weighted by Gasteiger charge is -2.32. The van der Waals surface area contributed by atoms with E-state index in [0.717, 1.165) is 18.4 Å². The first-order valence-electron chi connectivity index (χ1n) is 6.63. The molecule has 16 heavy (non-hydrogen) atoms. The SMILES string of the molecule is CCNc1nccn1C1CCCCC1CC. The first-order valence-corrected chi connectivity index (χ1v) is 6.63. The van der Waals surface area contributed by atoms with Crippen LogP contribution in [0.5, 0.6) is 0 Å². The fourth-order valence-electron chi connectivity index (χ4n) is 2.91. The number of hydrogen-bond donors (Lipinski definition) is 1. The van der Waals surface area contributed by atoms with Crippen LogP contribution in [0, 0.1) is 5.92 Å². The largest absolute Gasteiger partial charge is 0.356 e. The molecule has 0 spiro atoms. The van der Waals surface area contributed by atoms with Gasteiger partial charge in [0.15, 0.2) is 0 Å². The zero-order valence-electron chi connectivity index (χ0n) is 10.4. The fourth-order valence-corrected chi connectivity index (χ4v) is 2.91. The first-order chi connectivity index (χ1) is 7.86. The third kappa shape index (κ3) is 2.23. The Balaban J connectivity index is 2.16. The van der Waals surface area contributed by atoms with Gasteiger partial charge in [-0.3, -0.25) is 0 Å². The molecular weight excluding hydrogens is 198 g/mol. The van der Waals surface area contributed by atoms with Gasteiger partial charge in [-0.15, -0.1) is 0 Å². The van der Waals surface area contributed by atoms with E-state index in [9.17, 15) is 0 Å². The quantitative estimate of drug-likeness (QED) is 0.844. The lowest BCUT2D eigenvalue weighted by molar-refractivity contribution is 0.234. The van der Waals surface area contributed by atoms with Gasteiger partial charge in [-0.05, 0) is 25.7 Å². The van der Waals surface area contributed by atoms with Crippen molar-refractivity contribution in [3.05, 3.63) is 12.4 Å². The Bertz CT molecular complexity index is 319. The average Bonchev–Trinajstić information content (AvgIpc) is 2.77. The van der Waals surface area contributed by atoms with Crippen LogP contribution in [-0.2, 0) is 0 Å². The smallest absolute Gasteiger partial charge is 0.203 e. The van der Waals surface area contributed by atoms with Gasteiger partial charge in [-0.2, -0.15) is 0 Å². The monoisotopic (exact) mass is 221 g/mol. The molecular formula is C13H23N3. The third-order valence-electron chi connectivity index (χ3n) is 3.75. The van der Waals surface area contributed by atoms with E-state index in [1.165, 1.54) is 32.1 Å². The minimum atomic E-state index is 0.662. The zero-order chi connectivity index (χ0) is 11.4. The van der Waals surface area contributed by atoms with Crippen molar-refractivity contribution in [1.29, 1.82) is 0 Å². The van der Waals surface area contributed by atoms with Crippen LogP contribution in [0.25, 0.3) is 0 Å². The second-order valence-corrected chi connectivity index (χ2v) is 4.71. The van der Waals surface area contributed by atoms with Gasteiger partial charge in [-0.1, -0.05) is 26.2 Å². The van der Waals surface area contributed by atoms with Crippen molar-refractivity contribution < 1.29 is 0 Å². The summed E-state index contributed by atoms with van der Waals surface area (Å²) in [4.78, 5) is 4.40. The molecule has 90 valence electrons. The highest BCUT2D eigenvalue weighted by Crippen LogP contribution is 2.37. The zero-order valence-corrected chi connectivity index (χ0v) is 10.4. The molecule has 1 aliphatic carbocycles. The maximum atomic E-state index is 4.40. The normalized spacial score (nSPS) is 25.6. The van der Waals surface area contributed by atoms with E-state index in [1.54, 1.807) is 0 Å². The number of rotatable bonds is 4. The van der Waals surface area contributed by atoms with Crippen molar-refractivity contribution in [2.24, 2.45) is 5.92 Å². The van der Waals surface area contributed by atoms with Gasteiger partial charge in [0.25, 0.3) is 0 Å². The summed E-state index contributed by atoms with van der Waals surface area (Å²) < 4.78 is 2.36. The lowest BCUT2D eigenvalue weighted by atomic mass is 9.83. The molecule has 3 heteroatoms. The summed E-state index contributed by atoms with van der Waals surface area (Å²) in [7, 11) is 0. The van der Waals surface area contributed by atoms with E-state index < -0.39 is 0 Å². The fraction of sp³-hybridized carbons (Fsp3) is 0.769. The molecule has 1 aliphatic rings. The van der Waals surface area contributed by atoms with E-state index in [4.69, 9.17) is 0 Å². The van der Waals surface area contributed by atoms with Crippen LogP contribution in [0.15, 0.2) is 12.4 Å². The van der Waals surface area contributed by atoms with Crippen LogP contribution in [0.3, 0.4) is 0 Å². The van der Waals surface area contributed by atoms with Crippen molar-refractivity contribution in [2.75, 3.05) is 11.9 Å². The molecule has 3 nitrogen and oxygen atoms in total. The maximum absolute atomic E-state index is 4.40. The molecule has 1 saturated carbocycles. The maximum Gasteiger partial charge on any atom is 0.203 e. The van der Waals surface area contributed by atoms with Gasteiger partial charge >= 0.3 is 0 Å². The first kappa shape index (κ1) is 11.5. The molecule has 0 bridgehead atoms.